The number of phenols is 1. The Morgan fingerprint density at radius 2 is 1.57 bits per heavy atom. The van der Waals surface area contributed by atoms with Crippen LogP contribution in [0.15, 0.2) is 28.7 Å². The number of hydrogen-bond acceptors (Lipinski definition) is 1. The lowest BCUT2D eigenvalue weighted by molar-refractivity contribution is 0.368. The molecule has 2 nitrogen and oxygen atoms in total. The van der Waals surface area contributed by atoms with Crippen molar-refractivity contribution in [1.82, 2.24) is 0 Å². The number of benzene rings is 1. The molecule has 1 aromatic carbocycles. The summed E-state index contributed by atoms with van der Waals surface area (Å²) in [7, 11) is -6.00. The minimum atomic E-state index is -6.00. The standard InChI is InChI=1S/C14H16O2.BF4/c1-9-7-13(14(2,3)4)16-12-8-10(15)5-6-11(9)12;2-1(3,4)5/h5-8H,1-4H3;/q;-1/p+1. The highest BCUT2D eigenvalue weighted by atomic mass is 19.5. The van der Waals surface area contributed by atoms with Crippen LogP contribution in [0.1, 0.15) is 32.1 Å². The number of halogens is 4. The molecule has 0 bridgehead atoms. The summed E-state index contributed by atoms with van der Waals surface area (Å²) in [6, 6.07) is 7.30. The zero-order valence-electron chi connectivity index (χ0n) is 12.3. The lowest BCUT2D eigenvalue weighted by Gasteiger charge is -2.09. The van der Waals surface area contributed by atoms with Gasteiger partial charge in [-0.05, 0) is 45.4 Å². The molecule has 0 atom stereocenters. The summed E-state index contributed by atoms with van der Waals surface area (Å²) in [5.74, 6) is 1.17. The fourth-order valence-corrected chi connectivity index (χ4v) is 1.71. The van der Waals surface area contributed by atoms with Gasteiger partial charge in [-0.15, -0.1) is 0 Å². The van der Waals surface area contributed by atoms with Crippen LogP contribution in [-0.4, -0.2) is 12.4 Å². The van der Waals surface area contributed by atoms with Crippen molar-refractivity contribution in [1.29, 1.82) is 0 Å². The molecule has 1 aromatic heterocycles. The predicted molar refractivity (Wildman–Crippen MR) is 75.9 cm³/mol. The minimum absolute atomic E-state index is 0.0234. The van der Waals surface area contributed by atoms with E-state index in [9.17, 15) is 22.4 Å². The van der Waals surface area contributed by atoms with Crippen molar-refractivity contribution < 1.29 is 26.8 Å². The molecule has 2 aromatic rings. The van der Waals surface area contributed by atoms with Gasteiger partial charge in [0.05, 0.1) is 16.9 Å². The second kappa shape index (κ2) is 5.91. The van der Waals surface area contributed by atoms with Crippen molar-refractivity contribution in [2.24, 2.45) is 0 Å². The first-order valence-corrected chi connectivity index (χ1v) is 6.32. The average Bonchev–Trinajstić information content (AvgIpc) is 2.24. The van der Waals surface area contributed by atoms with E-state index in [1.165, 1.54) is 5.56 Å². The monoisotopic (exact) mass is 304 g/mol. The van der Waals surface area contributed by atoms with Crippen molar-refractivity contribution >= 4 is 18.2 Å². The van der Waals surface area contributed by atoms with Crippen LogP contribution in [0.3, 0.4) is 0 Å². The number of rotatable bonds is 0. The minimum Gasteiger partial charge on any atom is -0.508 e. The number of hydrogen-bond donors (Lipinski definition) is 1. The Kier molecular flexibility index (Phi) is 4.86. The summed E-state index contributed by atoms with van der Waals surface area (Å²) in [6.45, 7) is 8.39. The van der Waals surface area contributed by atoms with E-state index in [0.717, 1.165) is 16.7 Å². The molecular formula is C14H17BF4O2. The Balaban J connectivity index is 0.000000383. The van der Waals surface area contributed by atoms with Gasteiger partial charge in [-0.1, -0.05) is 0 Å². The van der Waals surface area contributed by atoms with Gasteiger partial charge in [0, 0.05) is 6.07 Å². The number of fused-ring (bicyclic) bond motifs is 1. The van der Waals surface area contributed by atoms with Crippen molar-refractivity contribution in [3.8, 4) is 5.75 Å². The van der Waals surface area contributed by atoms with Gasteiger partial charge < -0.3 is 22.4 Å². The summed E-state index contributed by atoms with van der Waals surface area (Å²) < 4.78 is 44.8. The second-order valence-corrected chi connectivity index (χ2v) is 5.72. The molecule has 2 rings (SSSR count). The Morgan fingerprint density at radius 1 is 1.05 bits per heavy atom. The molecule has 7 heteroatoms. The summed E-state index contributed by atoms with van der Waals surface area (Å²) in [5, 5.41) is 10.5. The molecule has 0 unspecified atom stereocenters. The lowest BCUT2D eigenvalue weighted by Crippen LogP contribution is -2.11. The highest BCUT2D eigenvalue weighted by Crippen LogP contribution is 2.30. The molecule has 1 heterocycles. The number of phenolic OH excluding ortho intramolecular Hbond substituents is 1. The average molecular weight is 304 g/mol. The molecule has 0 spiro atoms. The van der Waals surface area contributed by atoms with Gasteiger partial charge in [0.25, 0.3) is 0 Å². The topological polar surface area (TPSA) is 31.5 Å². The maximum atomic E-state index is 9.75. The molecule has 21 heavy (non-hydrogen) atoms. The van der Waals surface area contributed by atoms with Crippen LogP contribution in [0.4, 0.5) is 17.3 Å². The van der Waals surface area contributed by atoms with E-state index >= 15 is 0 Å². The zero-order chi connectivity index (χ0) is 16.4. The molecule has 116 valence electrons. The van der Waals surface area contributed by atoms with E-state index in [0.29, 0.717) is 0 Å². The van der Waals surface area contributed by atoms with Crippen molar-refractivity contribution in [2.75, 3.05) is 0 Å². The maximum Gasteiger partial charge on any atom is 0.673 e. The summed E-state index contributed by atoms with van der Waals surface area (Å²) >= 11 is 0. The van der Waals surface area contributed by atoms with Gasteiger partial charge in [-0.3, -0.25) is 0 Å². The first kappa shape index (κ1) is 17.3. The number of aromatic hydroxyl groups is 1. The molecular weight excluding hydrogens is 287 g/mol. The van der Waals surface area contributed by atoms with E-state index in [2.05, 4.69) is 33.8 Å². The summed E-state index contributed by atoms with van der Waals surface area (Å²) in [4.78, 5) is 0. The Labute approximate surface area is 120 Å². The van der Waals surface area contributed by atoms with Crippen LogP contribution in [0.2, 0.25) is 0 Å². The summed E-state index contributed by atoms with van der Waals surface area (Å²) in [5.41, 5.74) is 1.89. The molecule has 0 aliphatic heterocycles. The fourth-order valence-electron chi connectivity index (χ4n) is 1.71. The third kappa shape index (κ3) is 5.61. The van der Waals surface area contributed by atoms with E-state index < -0.39 is 7.25 Å². The highest BCUT2D eigenvalue weighted by Gasteiger charge is 2.28. The predicted octanol–water partition coefficient (Wildman–Crippen LogP) is 5.33. The molecule has 0 radical (unpaired) electrons. The van der Waals surface area contributed by atoms with E-state index in [4.69, 9.17) is 4.42 Å². The Hall–Kier alpha value is -1.79. The maximum absolute atomic E-state index is 9.75. The van der Waals surface area contributed by atoms with E-state index in [-0.39, 0.29) is 11.2 Å². The van der Waals surface area contributed by atoms with Crippen LogP contribution < -0.4 is 0 Å². The summed E-state index contributed by atoms with van der Waals surface area (Å²) in [6.07, 6.45) is 0. The Morgan fingerprint density at radius 3 is 2.05 bits per heavy atom. The Bertz CT molecular complexity index is 627. The van der Waals surface area contributed by atoms with Gasteiger partial charge in [-0.2, -0.15) is 0 Å². The smallest absolute Gasteiger partial charge is 0.508 e. The van der Waals surface area contributed by atoms with Gasteiger partial charge in [0.1, 0.15) is 5.75 Å². The quantitative estimate of drug-likeness (QED) is 0.405. The van der Waals surface area contributed by atoms with Crippen LogP contribution in [-0.2, 0) is 5.41 Å². The third-order valence-corrected chi connectivity index (χ3v) is 2.70. The third-order valence-electron chi connectivity index (χ3n) is 2.70. The molecule has 0 fully saturated rings. The molecule has 1 N–H and O–H groups in total. The van der Waals surface area contributed by atoms with Gasteiger partial charge in [0.15, 0.2) is 0 Å². The highest BCUT2D eigenvalue weighted by molar-refractivity contribution is 6.50. The molecule has 0 aliphatic rings. The van der Waals surface area contributed by atoms with Gasteiger partial charge >= 0.3 is 18.6 Å². The number of aryl methyl sites for hydroxylation is 1. The van der Waals surface area contributed by atoms with Crippen molar-refractivity contribution in [3.05, 3.63) is 35.6 Å². The second-order valence-electron chi connectivity index (χ2n) is 5.72. The molecule has 0 amide bonds. The fraction of sp³-hybridized carbons (Fsp3) is 0.357. The van der Waals surface area contributed by atoms with Crippen LogP contribution in [0, 0.1) is 6.92 Å². The molecule has 0 saturated heterocycles. The largest absolute Gasteiger partial charge is 0.673 e. The van der Waals surface area contributed by atoms with Crippen molar-refractivity contribution in [2.45, 2.75) is 33.1 Å². The molecule has 0 aliphatic carbocycles. The van der Waals surface area contributed by atoms with Crippen LogP contribution in [0.25, 0.3) is 11.0 Å². The van der Waals surface area contributed by atoms with Crippen LogP contribution in [0.5, 0.6) is 5.75 Å². The zero-order valence-corrected chi connectivity index (χ0v) is 12.3. The van der Waals surface area contributed by atoms with Crippen molar-refractivity contribution in [3.63, 3.8) is 0 Å². The van der Waals surface area contributed by atoms with Gasteiger partial charge in [-0.25, -0.2) is 4.42 Å². The van der Waals surface area contributed by atoms with E-state index in [1.807, 2.05) is 6.07 Å². The first-order valence-electron chi connectivity index (χ1n) is 6.32. The van der Waals surface area contributed by atoms with Gasteiger partial charge in [0.2, 0.25) is 0 Å². The lowest BCUT2D eigenvalue weighted by atomic mass is 9.91. The SMILES string of the molecule is Cc1cc(C(C)(C)C)[o+]c2cc(O)ccc12.F[B-](F)(F)F. The normalized spacial score (nSPS) is 12.0. The molecule has 0 saturated carbocycles. The first-order chi connectivity index (χ1) is 9.38. The van der Waals surface area contributed by atoms with E-state index in [1.54, 1.807) is 12.1 Å². The van der Waals surface area contributed by atoms with Crippen LogP contribution >= 0.6 is 0 Å².